The van der Waals surface area contributed by atoms with Crippen molar-refractivity contribution in [1.82, 2.24) is 14.8 Å². The first-order chi connectivity index (χ1) is 12.3. The molecule has 1 aromatic heterocycles. The minimum atomic E-state index is -0.668. The van der Waals surface area contributed by atoms with Gasteiger partial charge in [-0.1, -0.05) is 12.1 Å². The van der Waals surface area contributed by atoms with E-state index in [4.69, 9.17) is 0 Å². The molecule has 2 aromatic rings. The molecule has 2 rings (SSSR count). The third-order valence-corrected chi connectivity index (χ3v) is 4.66. The van der Waals surface area contributed by atoms with E-state index in [1.54, 1.807) is 23.8 Å². The third kappa shape index (κ3) is 5.09. The standard InChI is InChI=1S/C18H23FN4O2S/c1-12-11-23(13(2)16(24)20-9-10-22(3)4)18(26-12)21-17(25)14-7-5-6-8-15(14)19/h5-8,11,13H,9-10H2,1-4H3,(H,20,24)/t13-/m1/s1. The number of rotatable bonds is 6. The van der Waals surface area contributed by atoms with E-state index in [1.807, 2.05) is 25.9 Å². The lowest BCUT2D eigenvalue weighted by Gasteiger charge is -2.15. The van der Waals surface area contributed by atoms with E-state index in [1.165, 1.54) is 29.5 Å². The Hall–Kier alpha value is -2.32. The number of hydrogen-bond acceptors (Lipinski definition) is 4. The van der Waals surface area contributed by atoms with Crippen molar-refractivity contribution in [2.45, 2.75) is 19.9 Å². The van der Waals surface area contributed by atoms with Crippen LogP contribution in [0.15, 0.2) is 35.5 Å². The van der Waals surface area contributed by atoms with Gasteiger partial charge < -0.3 is 14.8 Å². The summed E-state index contributed by atoms with van der Waals surface area (Å²) < 4.78 is 15.4. The first-order valence-electron chi connectivity index (χ1n) is 8.24. The van der Waals surface area contributed by atoms with Gasteiger partial charge in [0, 0.05) is 24.2 Å². The van der Waals surface area contributed by atoms with Crippen LogP contribution in [0.5, 0.6) is 0 Å². The lowest BCUT2D eigenvalue weighted by Crippen LogP contribution is -2.37. The van der Waals surface area contributed by atoms with Crippen LogP contribution in [0.3, 0.4) is 0 Å². The second-order valence-corrected chi connectivity index (χ2v) is 7.41. The van der Waals surface area contributed by atoms with Gasteiger partial charge in [0.05, 0.1) is 5.56 Å². The van der Waals surface area contributed by atoms with E-state index < -0.39 is 17.8 Å². The largest absolute Gasteiger partial charge is 0.353 e. The molecule has 6 nitrogen and oxygen atoms in total. The minimum absolute atomic E-state index is 0.0896. The molecule has 0 aliphatic carbocycles. The van der Waals surface area contributed by atoms with E-state index >= 15 is 0 Å². The average Bonchev–Trinajstić information content (AvgIpc) is 2.94. The maximum Gasteiger partial charge on any atom is 0.282 e. The Labute approximate surface area is 156 Å². The Morgan fingerprint density at radius 3 is 2.69 bits per heavy atom. The molecule has 0 aliphatic heterocycles. The van der Waals surface area contributed by atoms with E-state index in [9.17, 15) is 14.0 Å². The lowest BCUT2D eigenvalue weighted by atomic mass is 10.2. The summed E-state index contributed by atoms with van der Waals surface area (Å²) in [6, 6.07) is 5.18. The molecule has 0 saturated heterocycles. The van der Waals surface area contributed by atoms with Crippen molar-refractivity contribution in [3.8, 4) is 0 Å². The van der Waals surface area contributed by atoms with Gasteiger partial charge in [0.1, 0.15) is 11.9 Å². The van der Waals surface area contributed by atoms with Gasteiger partial charge in [-0.15, -0.1) is 11.3 Å². The molecule has 2 amide bonds. The highest BCUT2D eigenvalue weighted by Gasteiger charge is 2.18. The molecule has 140 valence electrons. The first-order valence-corrected chi connectivity index (χ1v) is 9.06. The summed E-state index contributed by atoms with van der Waals surface area (Å²) in [4.78, 5) is 32.0. The molecule has 0 bridgehead atoms. The average molecular weight is 378 g/mol. The molecule has 0 fully saturated rings. The number of aromatic nitrogens is 1. The SMILES string of the molecule is Cc1cn([C@H](C)C(=O)NCCN(C)C)c(=NC(=O)c2ccccc2F)s1. The number of nitrogens with one attached hydrogen (secondary N) is 1. The van der Waals surface area contributed by atoms with Crippen molar-refractivity contribution >= 4 is 23.2 Å². The molecule has 1 aromatic carbocycles. The first kappa shape index (κ1) is 20.0. The molecule has 1 heterocycles. The number of likely N-dealkylation sites (N-methyl/N-ethyl adjacent to an activating group) is 1. The lowest BCUT2D eigenvalue weighted by molar-refractivity contribution is -0.123. The van der Waals surface area contributed by atoms with Crippen LogP contribution < -0.4 is 10.1 Å². The highest BCUT2D eigenvalue weighted by atomic mass is 32.1. The van der Waals surface area contributed by atoms with E-state index in [2.05, 4.69) is 10.3 Å². The van der Waals surface area contributed by atoms with Gasteiger partial charge in [0.25, 0.3) is 5.91 Å². The zero-order chi connectivity index (χ0) is 19.3. The second kappa shape index (κ2) is 8.86. The van der Waals surface area contributed by atoms with Crippen LogP contribution in [0.25, 0.3) is 0 Å². The maximum atomic E-state index is 13.8. The molecule has 1 atom stereocenters. The second-order valence-electron chi connectivity index (χ2n) is 6.20. The van der Waals surface area contributed by atoms with Crippen LogP contribution in [0.4, 0.5) is 4.39 Å². The Balaban J connectivity index is 2.25. The smallest absolute Gasteiger partial charge is 0.282 e. The van der Waals surface area contributed by atoms with Crippen LogP contribution in [0.2, 0.25) is 0 Å². The predicted octanol–water partition coefficient (Wildman–Crippen LogP) is 1.98. The normalized spacial score (nSPS) is 13.1. The number of thiazole rings is 1. The van der Waals surface area contributed by atoms with E-state index in [0.29, 0.717) is 11.3 Å². The van der Waals surface area contributed by atoms with Crippen molar-refractivity contribution in [3.05, 3.63) is 51.5 Å². The van der Waals surface area contributed by atoms with Gasteiger partial charge in [-0.3, -0.25) is 9.59 Å². The van der Waals surface area contributed by atoms with Crippen LogP contribution in [-0.2, 0) is 4.79 Å². The highest BCUT2D eigenvalue weighted by Crippen LogP contribution is 2.11. The van der Waals surface area contributed by atoms with Crippen molar-refractivity contribution in [2.75, 3.05) is 27.2 Å². The van der Waals surface area contributed by atoms with Crippen molar-refractivity contribution in [2.24, 2.45) is 4.99 Å². The molecule has 0 unspecified atom stereocenters. The molecular weight excluding hydrogens is 355 g/mol. The molecule has 0 aliphatic rings. The zero-order valence-corrected chi connectivity index (χ0v) is 16.1. The topological polar surface area (TPSA) is 66.7 Å². The number of amides is 2. The number of carbonyl (C=O) groups excluding carboxylic acids is 2. The summed E-state index contributed by atoms with van der Waals surface area (Å²) in [5, 5.41) is 2.86. The molecule has 0 radical (unpaired) electrons. The summed E-state index contributed by atoms with van der Waals surface area (Å²) in [5.41, 5.74) is -0.0896. The molecule has 1 N–H and O–H groups in total. The Morgan fingerprint density at radius 2 is 2.04 bits per heavy atom. The number of carbonyl (C=O) groups is 2. The molecule has 26 heavy (non-hydrogen) atoms. The van der Waals surface area contributed by atoms with Crippen LogP contribution in [0.1, 0.15) is 28.2 Å². The maximum absolute atomic E-state index is 13.8. The fourth-order valence-electron chi connectivity index (χ4n) is 2.29. The number of hydrogen-bond donors (Lipinski definition) is 1. The van der Waals surface area contributed by atoms with Crippen molar-refractivity contribution in [3.63, 3.8) is 0 Å². The van der Waals surface area contributed by atoms with Crippen molar-refractivity contribution in [1.29, 1.82) is 0 Å². The van der Waals surface area contributed by atoms with Crippen LogP contribution in [-0.4, -0.2) is 48.5 Å². The fraction of sp³-hybridized carbons (Fsp3) is 0.389. The van der Waals surface area contributed by atoms with Crippen molar-refractivity contribution < 1.29 is 14.0 Å². The molecule has 0 spiro atoms. The Kier molecular flexibility index (Phi) is 6.82. The quantitative estimate of drug-likeness (QED) is 0.836. The van der Waals surface area contributed by atoms with Crippen LogP contribution in [0, 0.1) is 12.7 Å². The summed E-state index contributed by atoms with van der Waals surface area (Å²) >= 11 is 1.28. The van der Waals surface area contributed by atoms with Gasteiger partial charge >= 0.3 is 0 Å². The zero-order valence-electron chi connectivity index (χ0n) is 15.3. The fourth-order valence-corrected chi connectivity index (χ4v) is 3.19. The van der Waals surface area contributed by atoms with Gasteiger partial charge in [-0.05, 0) is 40.1 Å². The van der Waals surface area contributed by atoms with E-state index in [-0.39, 0.29) is 11.5 Å². The summed E-state index contributed by atoms with van der Waals surface area (Å²) in [5.74, 6) is -1.45. The Morgan fingerprint density at radius 1 is 1.35 bits per heavy atom. The third-order valence-electron chi connectivity index (χ3n) is 3.75. The monoisotopic (exact) mass is 378 g/mol. The highest BCUT2D eigenvalue weighted by molar-refractivity contribution is 7.09. The Bertz CT molecular complexity index is 857. The molecular formula is C18H23FN4O2S. The van der Waals surface area contributed by atoms with Crippen LogP contribution >= 0.6 is 11.3 Å². The van der Waals surface area contributed by atoms with Gasteiger partial charge in [0.2, 0.25) is 5.91 Å². The minimum Gasteiger partial charge on any atom is -0.353 e. The van der Waals surface area contributed by atoms with Gasteiger partial charge in [0.15, 0.2) is 4.80 Å². The van der Waals surface area contributed by atoms with Gasteiger partial charge in [-0.25, -0.2) is 4.39 Å². The number of aryl methyl sites for hydroxylation is 1. The summed E-state index contributed by atoms with van der Waals surface area (Å²) in [7, 11) is 3.86. The van der Waals surface area contributed by atoms with E-state index in [0.717, 1.165) is 11.4 Å². The van der Waals surface area contributed by atoms with Gasteiger partial charge in [-0.2, -0.15) is 4.99 Å². The summed E-state index contributed by atoms with van der Waals surface area (Å²) in [6.45, 7) is 4.86. The molecule has 8 heteroatoms. The number of halogens is 1. The summed E-state index contributed by atoms with van der Waals surface area (Å²) in [6.07, 6.45) is 1.77. The molecule has 0 saturated carbocycles. The number of benzene rings is 1. The number of nitrogens with zero attached hydrogens (tertiary/aromatic N) is 3. The predicted molar refractivity (Wildman–Crippen MR) is 99.6 cm³/mol.